The second-order valence-electron chi connectivity index (χ2n) is 4.05. The van der Waals surface area contributed by atoms with Gasteiger partial charge in [-0.05, 0) is 37.6 Å². The van der Waals surface area contributed by atoms with Crippen molar-refractivity contribution >= 4 is 9.84 Å². The molecule has 17 heavy (non-hydrogen) atoms. The van der Waals surface area contributed by atoms with E-state index in [1.54, 1.807) is 12.1 Å². The highest BCUT2D eigenvalue weighted by Gasteiger charge is 2.10. The molecule has 4 heteroatoms. The number of hydrogen-bond donors (Lipinski definition) is 1. The number of allylic oxidation sites excluding steroid dienone is 1. The first-order valence-electron chi connectivity index (χ1n) is 5.57. The van der Waals surface area contributed by atoms with Gasteiger partial charge in [0.2, 0.25) is 0 Å². The average Bonchev–Trinajstić information content (AvgIpc) is 2.29. The molecule has 1 N–H and O–H groups in total. The third-order valence-corrected chi connectivity index (χ3v) is 3.85. The van der Waals surface area contributed by atoms with Crippen LogP contribution in [0.5, 0.6) is 0 Å². The highest BCUT2D eigenvalue weighted by atomic mass is 32.2. The smallest absolute Gasteiger partial charge is 0.175 e. The molecule has 0 amide bonds. The third-order valence-electron chi connectivity index (χ3n) is 2.72. The van der Waals surface area contributed by atoms with Gasteiger partial charge in [-0.15, -0.1) is 6.58 Å². The summed E-state index contributed by atoms with van der Waals surface area (Å²) in [7, 11) is -1.20. The summed E-state index contributed by atoms with van der Waals surface area (Å²) in [4.78, 5) is 0.361. The average molecular weight is 253 g/mol. The molecule has 0 bridgehead atoms. The Morgan fingerprint density at radius 3 is 2.35 bits per heavy atom. The van der Waals surface area contributed by atoms with Crippen molar-refractivity contribution in [2.24, 2.45) is 0 Å². The summed E-state index contributed by atoms with van der Waals surface area (Å²) in [6, 6.07) is 7.27. The zero-order chi connectivity index (χ0) is 12.9. The predicted octanol–water partition coefficient (Wildman–Crippen LogP) is 2.32. The fourth-order valence-electron chi connectivity index (χ4n) is 1.71. The third kappa shape index (κ3) is 3.98. The quantitative estimate of drug-likeness (QED) is 0.791. The molecule has 1 atom stereocenters. The summed E-state index contributed by atoms with van der Waals surface area (Å²) in [5.41, 5.74) is 1.10. The van der Waals surface area contributed by atoms with Crippen LogP contribution in [-0.2, 0) is 9.84 Å². The van der Waals surface area contributed by atoms with Crippen molar-refractivity contribution < 1.29 is 8.42 Å². The molecule has 0 heterocycles. The Kier molecular flexibility index (Phi) is 4.90. The summed E-state index contributed by atoms with van der Waals surface area (Å²) >= 11 is 0. The summed E-state index contributed by atoms with van der Waals surface area (Å²) in [6.07, 6.45) is 4.99. The van der Waals surface area contributed by atoms with E-state index in [1.165, 1.54) is 6.26 Å². The molecule has 0 saturated heterocycles. The standard InChI is InChI=1S/C13H19NO2S/c1-4-5-6-13(14-2)11-7-9-12(10-8-11)17(3,15)16/h4,7-10,13-14H,1,5-6H2,2-3H3. The number of rotatable bonds is 6. The van der Waals surface area contributed by atoms with E-state index < -0.39 is 9.84 Å². The van der Waals surface area contributed by atoms with Crippen LogP contribution >= 0.6 is 0 Å². The first-order valence-corrected chi connectivity index (χ1v) is 7.46. The van der Waals surface area contributed by atoms with Crippen molar-refractivity contribution in [1.82, 2.24) is 5.32 Å². The van der Waals surface area contributed by atoms with E-state index in [9.17, 15) is 8.42 Å². The minimum Gasteiger partial charge on any atom is -0.313 e. The number of sulfone groups is 1. The minimum absolute atomic E-state index is 0.238. The lowest BCUT2D eigenvalue weighted by atomic mass is 10.0. The molecule has 1 rings (SSSR count). The van der Waals surface area contributed by atoms with Gasteiger partial charge in [-0.2, -0.15) is 0 Å². The van der Waals surface area contributed by atoms with Crippen LogP contribution in [-0.4, -0.2) is 21.7 Å². The summed E-state index contributed by atoms with van der Waals surface area (Å²) in [5, 5.41) is 3.21. The Hall–Kier alpha value is -1.13. The zero-order valence-corrected chi connectivity index (χ0v) is 11.1. The van der Waals surface area contributed by atoms with Gasteiger partial charge in [0, 0.05) is 12.3 Å². The van der Waals surface area contributed by atoms with Crippen molar-refractivity contribution in [2.45, 2.75) is 23.8 Å². The highest BCUT2D eigenvalue weighted by molar-refractivity contribution is 7.90. The van der Waals surface area contributed by atoms with Crippen LogP contribution in [0, 0.1) is 0 Å². The maximum Gasteiger partial charge on any atom is 0.175 e. The van der Waals surface area contributed by atoms with E-state index in [0.29, 0.717) is 4.90 Å². The summed E-state index contributed by atoms with van der Waals surface area (Å²) in [6.45, 7) is 3.70. The molecular formula is C13H19NO2S. The number of benzene rings is 1. The van der Waals surface area contributed by atoms with Crippen molar-refractivity contribution in [3.63, 3.8) is 0 Å². The molecule has 3 nitrogen and oxygen atoms in total. The monoisotopic (exact) mass is 253 g/mol. The van der Waals surface area contributed by atoms with E-state index >= 15 is 0 Å². The van der Waals surface area contributed by atoms with Crippen LogP contribution in [0.3, 0.4) is 0 Å². The molecule has 0 spiro atoms. The second kappa shape index (κ2) is 5.98. The van der Waals surface area contributed by atoms with Crippen LogP contribution in [0.15, 0.2) is 41.8 Å². The van der Waals surface area contributed by atoms with Crippen LogP contribution in [0.2, 0.25) is 0 Å². The van der Waals surface area contributed by atoms with Gasteiger partial charge < -0.3 is 5.32 Å². The molecule has 0 aliphatic heterocycles. The van der Waals surface area contributed by atoms with E-state index in [0.717, 1.165) is 18.4 Å². The fourth-order valence-corrected chi connectivity index (χ4v) is 2.34. The maximum absolute atomic E-state index is 11.3. The number of nitrogens with one attached hydrogen (secondary N) is 1. The van der Waals surface area contributed by atoms with Gasteiger partial charge in [0.15, 0.2) is 9.84 Å². The van der Waals surface area contributed by atoms with E-state index in [4.69, 9.17) is 0 Å². The first kappa shape index (κ1) is 13.9. The molecule has 1 aromatic carbocycles. The molecule has 1 aromatic rings. The van der Waals surface area contributed by atoms with E-state index in [1.807, 2.05) is 25.3 Å². The Bertz CT molecular complexity index is 463. The van der Waals surface area contributed by atoms with Gasteiger partial charge in [-0.3, -0.25) is 0 Å². The summed E-state index contributed by atoms with van der Waals surface area (Å²) in [5.74, 6) is 0. The van der Waals surface area contributed by atoms with Gasteiger partial charge in [0.25, 0.3) is 0 Å². The normalized spacial score (nSPS) is 13.3. The molecule has 0 radical (unpaired) electrons. The Morgan fingerprint density at radius 2 is 1.94 bits per heavy atom. The van der Waals surface area contributed by atoms with Gasteiger partial charge in [0.1, 0.15) is 0 Å². The molecule has 0 saturated carbocycles. The lowest BCUT2D eigenvalue weighted by molar-refractivity contribution is 0.554. The molecule has 94 valence electrons. The van der Waals surface area contributed by atoms with Crippen molar-refractivity contribution in [2.75, 3.05) is 13.3 Å². The van der Waals surface area contributed by atoms with Crippen molar-refractivity contribution in [3.8, 4) is 0 Å². The SMILES string of the molecule is C=CCCC(NC)c1ccc(S(C)(=O)=O)cc1. The topological polar surface area (TPSA) is 46.2 Å². The van der Waals surface area contributed by atoms with E-state index in [-0.39, 0.29) is 6.04 Å². The van der Waals surface area contributed by atoms with Gasteiger partial charge >= 0.3 is 0 Å². The Labute approximate surface area is 103 Å². The lowest BCUT2D eigenvalue weighted by Crippen LogP contribution is -2.16. The molecule has 0 aromatic heterocycles. The van der Waals surface area contributed by atoms with Gasteiger partial charge in [-0.1, -0.05) is 18.2 Å². The predicted molar refractivity (Wildman–Crippen MR) is 70.8 cm³/mol. The Balaban J connectivity index is 2.88. The van der Waals surface area contributed by atoms with Crippen LogP contribution < -0.4 is 5.32 Å². The Morgan fingerprint density at radius 1 is 1.35 bits per heavy atom. The molecular weight excluding hydrogens is 234 g/mol. The highest BCUT2D eigenvalue weighted by Crippen LogP contribution is 2.20. The second-order valence-corrected chi connectivity index (χ2v) is 6.06. The fraction of sp³-hybridized carbons (Fsp3) is 0.385. The largest absolute Gasteiger partial charge is 0.313 e. The molecule has 0 aliphatic rings. The number of hydrogen-bond acceptors (Lipinski definition) is 3. The minimum atomic E-state index is -3.11. The lowest BCUT2D eigenvalue weighted by Gasteiger charge is -2.15. The van der Waals surface area contributed by atoms with Crippen molar-refractivity contribution in [1.29, 1.82) is 0 Å². The summed E-state index contributed by atoms with van der Waals surface area (Å²) < 4.78 is 22.7. The molecule has 1 unspecified atom stereocenters. The molecule has 0 fully saturated rings. The zero-order valence-electron chi connectivity index (χ0n) is 10.3. The van der Waals surface area contributed by atoms with Crippen molar-refractivity contribution in [3.05, 3.63) is 42.5 Å². The molecule has 0 aliphatic carbocycles. The first-order chi connectivity index (χ1) is 7.99. The van der Waals surface area contributed by atoms with Crippen LogP contribution in [0.4, 0.5) is 0 Å². The van der Waals surface area contributed by atoms with Gasteiger partial charge in [0.05, 0.1) is 4.90 Å². The van der Waals surface area contributed by atoms with E-state index in [2.05, 4.69) is 11.9 Å². The van der Waals surface area contributed by atoms with Crippen LogP contribution in [0.25, 0.3) is 0 Å². The maximum atomic E-state index is 11.3. The van der Waals surface area contributed by atoms with Gasteiger partial charge in [-0.25, -0.2) is 8.42 Å². The van der Waals surface area contributed by atoms with Crippen LogP contribution in [0.1, 0.15) is 24.4 Å².